The van der Waals surface area contributed by atoms with Crippen LogP contribution in [0, 0.1) is 23.5 Å². The third-order valence-electron chi connectivity index (χ3n) is 4.65. The van der Waals surface area contributed by atoms with Crippen LogP contribution in [0.5, 0.6) is 5.75 Å². The number of aryl methyl sites for hydroxylation is 1. The first-order valence-corrected chi connectivity index (χ1v) is 8.68. The highest BCUT2D eigenvalue weighted by atomic mass is 19.4. The summed E-state index contributed by atoms with van der Waals surface area (Å²) in [5, 5.41) is 0. The van der Waals surface area contributed by atoms with Crippen molar-refractivity contribution in [3.63, 3.8) is 0 Å². The Morgan fingerprint density at radius 2 is 1.68 bits per heavy atom. The van der Waals surface area contributed by atoms with E-state index in [2.05, 4.69) is 23.8 Å². The molecular formula is C19H23F5O. The third-order valence-corrected chi connectivity index (χ3v) is 4.65. The molecule has 0 saturated heterocycles. The van der Waals surface area contributed by atoms with Crippen molar-refractivity contribution < 1.29 is 26.7 Å². The lowest BCUT2D eigenvalue weighted by molar-refractivity contribution is -0.276. The molecule has 0 aromatic heterocycles. The Kier molecular flexibility index (Phi) is 6.85. The summed E-state index contributed by atoms with van der Waals surface area (Å²) in [6, 6.07) is 1.86. The van der Waals surface area contributed by atoms with Crippen LogP contribution in [0.4, 0.5) is 22.0 Å². The summed E-state index contributed by atoms with van der Waals surface area (Å²) in [5.41, 5.74) is 0.359. The van der Waals surface area contributed by atoms with Crippen molar-refractivity contribution in [2.75, 3.05) is 0 Å². The van der Waals surface area contributed by atoms with Gasteiger partial charge in [0.05, 0.1) is 0 Å². The van der Waals surface area contributed by atoms with Crippen molar-refractivity contribution in [1.29, 1.82) is 0 Å². The summed E-state index contributed by atoms with van der Waals surface area (Å²) in [7, 11) is 0. The maximum Gasteiger partial charge on any atom is 0.573 e. The van der Waals surface area contributed by atoms with Crippen LogP contribution >= 0.6 is 0 Å². The zero-order chi connectivity index (χ0) is 18.4. The molecule has 1 aromatic rings. The summed E-state index contributed by atoms with van der Waals surface area (Å²) >= 11 is 0. The molecule has 0 aliphatic heterocycles. The van der Waals surface area contributed by atoms with Crippen molar-refractivity contribution in [1.82, 2.24) is 0 Å². The second kappa shape index (κ2) is 8.68. The molecular weight excluding hydrogens is 339 g/mol. The summed E-state index contributed by atoms with van der Waals surface area (Å²) < 4.78 is 67.2. The molecule has 0 N–H and O–H groups in total. The fraction of sp³-hybridized carbons (Fsp3) is 0.579. The molecule has 140 valence electrons. The van der Waals surface area contributed by atoms with Gasteiger partial charge in [-0.1, -0.05) is 19.1 Å². The topological polar surface area (TPSA) is 9.23 Å². The molecule has 1 aromatic carbocycles. The van der Waals surface area contributed by atoms with E-state index in [4.69, 9.17) is 0 Å². The van der Waals surface area contributed by atoms with Gasteiger partial charge in [-0.15, -0.1) is 13.2 Å². The fourth-order valence-corrected chi connectivity index (χ4v) is 3.34. The van der Waals surface area contributed by atoms with Gasteiger partial charge < -0.3 is 4.74 Å². The molecule has 0 unspecified atom stereocenters. The lowest BCUT2D eigenvalue weighted by Gasteiger charge is -2.26. The first kappa shape index (κ1) is 19.7. The fourth-order valence-electron chi connectivity index (χ4n) is 3.34. The van der Waals surface area contributed by atoms with Crippen molar-refractivity contribution in [3.05, 3.63) is 41.5 Å². The van der Waals surface area contributed by atoms with Gasteiger partial charge in [-0.05, 0) is 74.5 Å². The molecule has 0 amide bonds. The van der Waals surface area contributed by atoms with Crippen LogP contribution in [0.15, 0.2) is 24.3 Å². The molecule has 0 heterocycles. The molecule has 0 bridgehead atoms. The number of ether oxygens (including phenoxy) is 1. The van der Waals surface area contributed by atoms with Gasteiger partial charge in [0.2, 0.25) is 5.75 Å². The minimum atomic E-state index is -5.12. The van der Waals surface area contributed by atoms with Crippen LogP contribution < -0.4 is 4.74 Å². The predicted octanol–water partition coefficient (Wildman–Crippen LogP) is 6.57. The maximum absolute atomic E-state index is 13.7. The van der Waals surface area contributed by atoms with E-state index in [-0.39, 0.29) is 0 Å². The van der Waals surface area contributed by atoms with Crippen molar-refractivity contribution in [2.45, 2.75) is 58.2 Å². The number of hydrogen-bond acceptors (Lipinski definition) is 1. The molecule has 0 spiro atoms. The summed E-state index contributed by atoms with van der Waals surface area (Å²) in [5.74, 6) is -2.92. The molecule has 1 fully saturated rings. The summed E-state index contributed by atoms with van der Waals surface area (Å²) in [6.07, 6.45) is 5.95. The highest BCUT2D eigenvalue weighted by Crippen LogP contribution is 2.34. The van der Waals surface area contributed by atoms with Gasteiger partial charge in [-0.2, -0.15) is 0 Å². The normalized spacial score (nSPS) is 21.7. The van der Waals surface area contributed by atoms with E-state index in [1.165, 1.54) is 0 Å². The van der Waals surface area contributed by atoms with Gasteiger partial charge in [-0.3, -0.25) is 0 Å². The Labute approximate surface area is 144 Å². The standard InChI is InChI=1S/C19H23F5O/c1-2-3-4-13-5-7-14(8-6-13)9-10-15-11-16(20)18(17(21)12-15)25-19(22,23)24/h3-4,11-14H,2,5-10H2,1H3/b4-3+/t13-,14-. The average Bonchev–Trinajstić information content (AvgIpc) is 2.54. The molecule has 1 aliphatic carbocycles. The van der Waals surface area contributed by atoms with E-state index in [1.807, 2.05) is 0 Å². The van der Waals surface area contributed by atoms with Crippen LogP contribution in [0.25, 0.3) is 0 Å². The molecule has 1 nitrogen and oxygen atoms in total. The Bertz CT molecular complexity index is 563. The number of rotatable bonds is 6. The zero-order valence-corrected chi connectivity index (χ0v) is 14.2. The first-order chi connectivity index (χ1) is 11.8. The molecule has 2 rings (SSSR count). The third kappa shape index (κ3) is 6.33. The van der Waals surface area contributed by atoms with Crippen LogP contribution in [0.2, 0.25) is 0 Å². The van der Waals surface area contributed by atoms with Crippen LogP contribution in [-0.2, 0) is 6.42 Å². The monoisotopic (exact) mass is 362 g/mol. The Morgan fingerprint density at radius 3 is 2.20 bits per heavy atom. The van der Waals surface area contributed by atoms with Gasteiger partial charge in [0, 0.05) is 0 Å². The molecule has 0 atom stereocenters. The molecule has 6 heteroatoms. The Balaban J connectivity index is 1.89. The van der Waals surface area contributed by atoms with E-state index >= 15 is 0 Å². The number of alkyl halides is 3. The summed E-state index contributed by atoms with van der Waals surface area (Å²) in [6.45, 7) is 2.10. The minimum absolute atomic E-state index is 0.359. The predicted molar refractivity (Wildman–Crippen MR) is 86.2 cm³/mol. The second-order valence-corrected chi connectivity index (χ2v) is 6.59. The number of hydrogen-bond donors (Lipinski definition) is 0. The van der Waals surface area contributed by atoms with Crippen LogP contribution in [0.1, 0.15) is 51.0 Å². The van der Waals surface area contributed by atoms with E-state index in [1.54, 1.807) is 0 Å². The molecule has 1 saturated carbocycles. The van der Waals surface area contributed by atoms with E-state index in [9.17, 15) is 22.0 Å². The summed E-state index contributed by atoms with van der Waals surface area (Å²) in [4.78, 5) is 0. The Hall–Kier alpha value is -1.59. The van der Waals surface area contributed by atoms with Gasteiger partial charge in [0.25, 0.3) is 0 Å². The number of benzene rings is 1. The number of allylic oxidation sites excluding steroid dienone is 2. The number of halogens is 5. The zero-order valence-electron chi connectivity index (χ0n) is 14.2. The minimum Gasteiger partial charge on any atom is -0.399 e. The van der Waals surface area contributed by atoms with Gasteiger partial charge in [-0.25, -0.2) is 8.78 Å². The van der Waals surface area contributed by atoms with Gasteiger partial charge in [0.15, 0.2) is 11.6 Å². The van der Waals surface area contributed by atoms with Gasteiger partial charge in [0.1, 0.15) is 0 Å². The van der Waals surface area contributed by atoms with Crippen molar-refractivity contribution >= 4 is 0 Å². The average molecular weight is 362 g/mol. The lowest BCUT2D eigenvalue weighted by atomic mass is 9.79. The van der Waals surface area contributed by atoms with E-state index in [0.29, 0.717) is 23.8 Å². The maximum atomic E-state index is 13.7. The van der Waals surface area contributed by atoms with E-state index in [0.717, 1.165) is 50.7 Å². The Morgan fingerprint density at radius 1 is 1.08 bits per heavy atom. The molecule has 0 radical (unpaired) electrons. The largest absolute Gasteiger partial charge is 0.573 e. The van der Waals surface area contributed by atoms with Crippen molar-refractivity contribution in [3.8, 4) is 5.75 Å². The van der Waals surface area contributed by atoms with Crippen LogP contribution in [0.3, 0.4) is 0 Å². The second-order valence-electron chi connectivity index (χ2n) is 6.59. The van der Waals surface area contributed by atoms with Crippen LogP contribution in [-0.4, -0.2) is 6.36 Å². The quantitative estimate of drug-likeness (QED) is 0.411. The van der Waals surface area contributed by atoms with Crippen molar-refractivity contribution in [2.24, 2.45) is 11.8 Å². The highest BCUT2D eigenvalue weighted by molar-refractivity contribution is 5.31. The molecule has 25 heavy (non-hydrogen) atoms. The smallest absolute Gasteiger partial charge is 0.399 e. The SMILES string of the molecule is CC/C=C/[C@H]1CC[C@H](CCc2cc(F)c(OC(F)(F)F)c(F)c2)CC1. The van der Waals surface area contributed by atoms with Gasteiger partial charge >= 0.3 is 6.36 Å². The first-order valence-electron chi connectivity index (χ1n) is 8.68. The van der Waals surface area contributed by atoms with E-state index < -0.39 is 23.7 Å². The highest BCUT2D eigenvalue weighted by Gasteiger charge is 2.34. The molecule has 1 aliphatic rings. The lowest BCUT2D eigenvalue weighted by Crippen LogP contribution is -2.19.